The SMILES string of the molecule is CCCCC1(COC(=O)Nc2cccc(Cl)c2)C(=O)N(c2ccccc2)N(c2ccccc2)C1=O. The number of unbranched alkanes of at least 4 members (excludes halogenated alkanes) is 1. The Bertz CT molecular complexity index is 1150. The second kappa shape index (κ2) is 10.6. The highest BCUT2D eigenvalue weighted by Gasteiger charge is 2.59. The third kappa shape index (κ3) is 5.00. The Balaban J connectivity index is 1.67. The van der Waals surface area contributed by atoms with Crippen LogP contribution in [0, 0.1) is 5.41 Å². The van der Waals surface area contributed by atoms with Crippen LogP contribution in [0.3, 0.4) is 0 Å². The topological polar surface area (TPSA) is 79.0 Å². The van der Waals surface area contributed by atoms with Crippen molar-refractivity contribution in [3.8, 4) is 0 Å². The van der Waals surface area contributed by atoms with Gasteiger partial charge in [0.15, 0.2) is 5.41 Å². The molecule has 35 heavy (non-hydrogen) atoms. The Labute approximate surface area is 209 Å². The molecule has 4 rings (SSSR count). The van der Waals surface area contributed by atoms with Gasteiger partial charge in [-0.15, -0.1) is 0 Å². The molecule has 1 aliphatic rings. The van der Waals surface area contributed by atoms with E-state index in [4.69, 9.17) is 16.3 Å². The van der Waals surface area contributed by atoms with Crippen molar-refractivity contribution in [3.63, 3.8) is 0 Å². The van der Waals surface area contributed by atoms with Crippen LogP contribution in [-0.4, -0.2) is 24.5 Å². The fraction of sp³-hybridized carbons (Fsp3) is 0.222. The highest BCUT2D eigenvalue weighted by Crippen LogP contribution is 2.42. The summed E-state index contributed by atoms with van der Waals surface area (Å²) < 4.78 is 5.49. The number of para-hydroxylation sites is 2. The molecule has 180 valence electrons. The van der Waals surface area contributed by atoms with Crippen molar-refractivity contribution < 1.29 is 19.1 Å². The van der Waals surface area contributed by atoms with Gasteiger partial charge in [-0.2, -0.15) is 0 Å². The normalized spacial score (nSPS) is 14.8. The van der Waals surface area contributed by atoms with Gasteiger partial charge in [0.1, 0.15) is 6.61 Å². The van der Waals surface area contributed by atoms with Gasteiger partial charge in [0.2, 0.25) is 0 Å². The minimum atomic E-state index is -1.55. The van der Waals surface area contributed by atoms with Crippen LogP contribution in [0.25, 0.3) is 0 Å². The minimum Gasteiger partial charge on any atom is -0.448 e. The van der Waals surface area contributed by atoms with Crippen molar-refractivity contribution in [1.29, 1.82) is 0 Å². The maximum atomic E-state index is 14.0. The summed E-state index contributed by atoms with van der Waals surface area (Å²) in [6.45, 7) is 1.60. The highest BCUT2D eigenvalue weighted by atomic mass is 35.5. The molecular formula is C27H26ClN3O4. The van der Waals surface area contributed by atoms with Crippen LogP contribution < -0.4 is 15.3 Å². The number of hydrazine groups is 1. The standard InChI is InChI=1S/C27H26ClN3O4/c1-2-3-17-27(19-35-26(34)29-21-12-10-11-20(28)18-21)24(32)30(22-13-6-4-7-14-22)31(25(27)33)23-15-8-5-9-16-23/h4-16,18H,2-3,17,19H2,1H3,(H,29,34). The summed E-state index contributed by atoms with van der Waals surface area (Å²) in [7, 11) is 0. The van der Waals surface area contributed by atoms with E-state index >= 15 is 0 Å². The maximum Gasteiger partial charge on any atom is 0.411 e. The minimum absolute atomic E-state index is 0.248. The van der Waals surface area contributed by atoms with Gasteiger partial charge < -0.3 is 4.74 Å². The van der Waals surface area contributed by atoms with Crippen LogP contribution in [-0.2, 0) is 14.3 Å². The quantitative estimate of drug-likeness (QED) is 0.388. The summed E-state index contributed by atoms with van der Waals surface area (Å²) in [4.78, 5) is 40.5. The van der Waals surface area contributed by atoms with E-state index in [1.54, 1.807) is 72.8 Å². The van der Waals surface area contributed by atoms with E-state index in [1.807, 2.05) is 19.1 Å². The first-order valence-corrected chi connectivity index (χ1v) is 11.8. The smallest absolute Gasteiger partial charge is 0.411 e. The van der Waals surface area contributed by atoms with Crippen LogP contribution in [0.5, 0.6) is 0 Å². The van der Waals surface area contributed by atoms with Gasteiger partial charge in [0.25, 0.3) is 11.8 Å². The fourth-order valence-corrected chi connectivity index (χ4v) is 4.27. The lowest BCUT2D eigenvalue weighted by atomic mass is 9.82. The molecule has 0 bridgehead atoms. The predicted octanol–water partition coefficient (Wildman–Crippen LogP) is 6.06. The molecule has 1 saturated heterocycles. The first kappa shape index (κ1) is 24.3. The third-order valence-corrected chi connectivity index (χ3v) is 6.12. The fourth-order valence-electron chi connectivity index (χ4n) is 4.08. The molecule has 7 nitrogen and oxygen atoms in total. The molecule has 0 atom stereocenters. The van der Waals surface area contributed by atoms with Crippen LogP contribution >= 0.6 is 11.6 Å². The molecule has 3 aromatic carbocycles. The molecule has 1 aliphatic heterocycles. The lowest BCUT2D eigenvalue weighted by molar-refractivity contribution is -0.138. The van der Waals surface area contributed by atoms with E-state index < -0.39 is 23.3 Å². The van der Waals surface area contributed by atoms with Crippen molar-refractivity contribution in [2.24, 2.45) is 5.41 Å². The lowest BCUT2D eigenvalue weighted by Gasteiger charge is -2.27. The van der Waals surface area contributed by atoms with Crippen molar-refractivity contribution in [1.82, 2.24) is 0 Å². The maximum absolute atomic E-state index is 14.0. The number of halogens is 1. The Morgan fingerprint density at radius 2 is 1.46 bits per heavy atom. The number of carbonyl (C=O) groups is 3. The van der Waals surface area contributed by atoms with Gasteiger partial charge in [0.05, 0.1) is 11.4 Å². The van der Waals surface area contributed by atoms with Crippen molar-refractivity contribution in [2.75, 3.05) is 21.9 Å². The van der Waals surface area contributed by atoms with Crippen LogP contribution in [0.4, 0.5) is 21.9 Å². The van der Waals surface area contributed by atoms with Gasteiger partial charge in [-0.3, -0.25) is 14.9 Å². The van der Waals surface area contributed by atoms with Crippen molar-refractivity contribution in [3.05, 3.63) is 90.0 Å². The molecular weight excluding hydrogens is 466 g/mol. The predicted molar refractivity (Wildman–Crippen MR) is 136 cm³/mol. The molecule has 0 aliphatic carbocycles. The second-order valence-corrected chi connectivity index (χ2v) is 8.74. The van der Waals surface area contributed by atoms with E-state index in [9.17, 15) is 14.4 Å². The van der Waals surface area contributed by atoms with Crippen LogP contribution in [0.2, 0.25) is 5.02 Å². The summed E-state index contributed by atoms with van der Waals surface area (Å²) in [5.41, 5.74) is 0.00631. The molecule has 0 spiro atoms. The Morgan fingerprint density at radius 3 is 1.97 bits per heavy atom. The number of hydrogen-bond acceptors (Lipinski definition) is 4. The van der Waals surface area contributed by atoms with Gasteiger partial charge >= 0.3 is 6.09 Å². The Hall–Kier alpha value is -3.84. The zero-order chi connectivity index (χ0) is 24.8. The number of nitrogens with one attached hydrogen (secondary N) is 1. The highest BCUT2D eigenvalue weighted by molar-refractivity contribution is 6.31. The number of anilines is 3. The molecule has 0 saturated carbocycles. The molecule has 3 aromatic rings. The molecule has 0 radical (unpaired) electrons. The average Bonchev–Trinajstić information content (AvgIpc) is 3.09. The largest absolute Gasteiger partial charge is 0.448 e. The van der Waals surface area contributed by atoms with Gasteiger partial charge in [-0.25, -0.2) is 14.8 Å². The summed E-state index contributed by atoms with van der Waals surface area (Å²) >= 11 is 5.98. The van der Waals surface area contributed by atoms with Gasteiger partial charge in [-0.1, -0.05) is 73.8 Å². The number of benzene rings is 3. The first-order valence-electron chi connectivity index (χ1n) is 11.4. The lowest BCUT2D eigenvalue weighted by Crippen LogP contribution is -2.42. The summed E-state index contributed by atoms with van der Waals surface area (Å²) in [5.74, 6) is -0.858. The Morgan fingerprint density at radius 1 is 0.886 bits per heavy atom. The molecule has 3 amide bonds. The zero-order valence-corrected chi connectivity index (χ0v) is 20.1. The number of amides is 3. The number of nitrogens with zero attached hydrogens (tertiary/aromatic N) is 2. The van der Waals surface area contributed by atoms with E-state index in [0.717, 1.165) is 6.42 Å². The monoisotopic (exact) mass is 491 g/mol. The molecule has 1 heterocycles. The third-order valence-electron chi connectivity index (χ3n) is 5.88. The number of ether oxygens (including phenoxy) is 1. The van der Waals surface area contributed by atoms with Crippen molar-refractivity contribution in [2.45, 2.75) is 26.2 Å². The Kier molecular flexibility index (Phi) is 7.36. The van der Waals surface area contributed by atoms with Crippen molar-refractivity contribution >= 4 is 46.6 Å². The second-order valence-electron chi connectivity index (χ2n) is 8.30. The molecule has 0 unspecified atom stereocenters. The van der Waals surface area contributed by atoms with Crippen LogP contribution in [0.1, 0.15) is 26.2 Å². The summed E-state index contributed by atoms with van der Waals surface area (Å²) in [6, 6.07) is 24.6. The summed E-state index contributed by atoms with van der Waals surface area (Å²) in [5, 5.41) is 5.82. The number of hydrogen-bond donors (Lipinski definition) is 1. The number of rotatable bonds is 8. The average molecular weight is 492 g/mol. The van der Waals surface area contributed by atoms with Gasteiger partial charge in [-0.05, 0) is 48.9 Å². The van der Waals surface area contributed by atoms with Gasteiger partial charge in [0, 0.05) is 10.7 Å². The molecule has 0 aromatic heterocycles. The molecule has 1 N–H and O–H groups in total. The molecule has 8 heteroatoms. The first-order chi connectivity index (χ1) is 17.0. The summed E-state index contributed by atoms with van der Waals surface area (Å²) in [6.07, 6.45) is 0.863. The van der Waals surface area contributed by atoms with E-state index in [0.29, 0.717) is 28.5 Å². The van der Waals surface area contributed by atoms with E-state index in [-0.39, 0.29) is 13.0 Å². The zero-order valence-electron chi connectivity index (χ0n) is 19.3. The molecule has 1 fully saturated rings. The van der Waals surface area contributed by atoms with E-state index in [1.165, 1.54) is 10.0 Å². The number of carbonyl (C=O) groups excluding carboxylic acids is 3. The van der Waals surface area contributed by atoms with Crippen LogP contribution in [0.15, 0.2) is 84.9 Å². The van der Waals surface area contributed by atoms with E-state index in [2.05, 4.69) is 5.32 Å².